The number of esters is 1. The molecule has 5 rings (SSSR count). The van der Waals surface area contributed by atoms with Crippen LogP contribution in [0.5, 0.6) is 23.0 Å². The number of ether oxygens (including phenoxy) is 5. The smallest absolute Gasteiger partial charge is 0.412 e. The van der Waals surface area contributed by atoms with E-state index in [-0.39, 0.29) is 44.2 Å². The SMILES string of the molecule is CNC(=O)Oc1cc(C[C@H](NC(=O)[C@H](Cc2ccc(OCc3ccccc3)c(OCc3ccccc3)c2)NC(=O)OCc2ccccc2)C(=O)O)ccc1OC(C)=O. The first-order valence-electron chi connectivity index (χ1n) is 18.2. The zero-order chi connectivity index (χ0) is 41.3. The third kappa shape index (κ3) is 13.2. The summed E-state index contributed by atoms with van der Waals surface area (Å²) in [5, 5.41) is 17.6. The van der Waals surface area contributed by atoms with Gasteiger partial charge in [0.25, 0.3) is 0 Å². The number of aliphatic carboxylic acids is 1. The number of alkyl carbamates (subject to hydrolysis) is 1. The quantitative estimate of drug-likeness (QED) is 0.0590. The molecule has 0 aliphatic heterocycles. The van der Waals surface area contributed by atoms with Gasteiger partial charge in [0.15, 0.2) is 23.0 Å². The molecule has 5 aromatic carbocycles. The van der Waals surface area contributed by atoms with E-state index < -0.39 is 42.1 Å². The Hall–Kier alpha value is -7.35. The standard InChI is InChI=1S/C44H43N3O11/c1-29(48)57-38-21-19-34(25-40(38)58-43(52)45-2)23-36(42(50)51)46-41(49)35(47-44(53)56-28-32-16-10-5-11-17-32)22-33-18-20-37(54-26-30-12-6-3-7-13-30)39(24-33)55-27-31-14-8-4-9-15-31/h3-21,24-25,35-36H,22-23,26-28H2,1-2H3,(H,45,52)(H,46,49)(H,47,53)(H,50,51)/t35-,36-/m0/s1. The lowest BCUT2D eigenvalue weighted by atomic mass is 10.0. The van der Waals surface area contributed by atoms with Gasteiger partial charge in [0.05, 0.1) is 0 Å². The van der Waals surface area contributed by atoms with E-state index in [1.54, 1.807) is 42.5 Å². The second-order valence-corrected chi connectivity index (χ2v) is 12.9. The van der Waals surface area contributed by atoms with Crippen molar-refractivity contribution in [2.24, 2.45) is 0 Å². The van der Waals surface area contributed by atoms with Crippen molar-refractivity contribution < 1.29 is 52.8 Å². The lowest BCUT2D eigenvalue weighted by molar-refractivity contribution is -0.142. The van der Waals surface area contributed by atoms with Crippen LogP contribution in [0.15, 0.2) is 127 Å². The molecule has 300 valence electrons. The first-order valence-corrected chi connectivity index (χ1v) is 18.2. The number of amides is 3. The molecule has 3 amide bonds. The number of carboxylic acids is 1. The van der Waals surface area contributed by atoms with Gasteiger partial charge in [0.1, 0.15) is 31.9 Å². The third-order valence-corrected chi connectivity index (χ3v) is 8.47. The van der Waals surface area contributed by atoms with Gasteiger partial charge in [-0.05, 0) is 52.1 Å². The van der Waals surface area contributed by atoms with Crippen molar-refractivity contribution in [1.82, 2.24) is 16.0 Å². The number of hydrogen-bond acceptors (Lipinski definition) is 10. The molecule has 5 aromatic rings. The molecule has 0 aliphatic carbocycles. The van der Waals surface area contributed by atoms with E-state index in [4.69, 9.17) is 23.7 Å². The number of rotatable bonds is 18. The number of carbonyl (C=O) groups excluding carboxylic acids is 4. The average molecular weight is 790 g/mol. The van der Waals surface area contributed by atoms with Gasteiger partial charge in [0.2, 0.25) is 5.91 Å². The Balaban J connectivity index is 1.39. The van der Waals surface area contributed by atoms with Gasteiger partial charge in [0, 0.05) is 26.8 Å². The van der Waals surface area contributed by atoms with Crippen molar-refractivity contribution >= 4 is 30.0 Å². The van der Waals surface area contributed by atoms with Crippen molar-refractivity contribution in [2.75, 3.05) is 7.05 Å². The highest BCUT2D eigenvalue weighted by Gasteiger charge is 2.29. The second-order valence-electron chi connectivity index (χ2n) is 12.9. The highest BCUT2D eigenvalue weighted by atomic mass is 16.6. The molecule has 0 saturated heterocycles. The van der Waals surface area contributed by atoms with Crippen molar-refractivity contribution in [2.45, 2.75) is 51.7 Å². The molecule has 0 heterocycles. The van der Waals surface area contributed by atoms with Crippen LogP contribution in [0.2, 0.25) is 0 Å². The van der Waals surface area contributed by atoms with Crippen LogP contribution in [0.4, 0.5) is 9.59 Å². The summed E-state index contributed by atoms with van der Waals surface area (Å²) in [4.78, 5) is 63.3. The highest BCUT2D eigenvalue weighted by Crippen LogP contribution is 2.31. The van der Waals surface area contributed by atoms with Crippen LogP contribution in [0.3, 0.4) is 0 Å². The zero-order valence-corrected chi connectivity index (χ0v) is 31.8. The average Bonchev–Trinajstić information content (AvgIpc) is 3.23. The van der Waals surface area contributed by atoms with Gasteiger partial charge in [-0.3, -0.25) is 9.59 Å². The predicted molar refractivity (Wildman–Crippen MR) is 211 cm³/mol. The van der Waals surface area contributed by atoms with E-state index >= 15 is 0 Å². The fourth-order valence-electron chi connectivity index (χ4n) is 5.59. The van der Waals surface area contributed by atoms with E-state index in [0.717, 1.165) is 16.7 Å². The number of hydrogen-bond donors (Lipinski definition) is 4. The maximum Gasteiger partial charge on any atom is 0.412 e. The summed E-state index contributed by atoms with van der Waals surface area (Å²) in [5.74, 6) is -2.26. The van der Waals surface area contributed by atoms with Crippen LogP contribution in [-0.4, -0.2) is 54.3 Å². The minimum atomic E-state index is -1.51. The summed E-state index contributed by atoms with van der Waals surface area (Å²) in [6.07, 6.45) is -2.13. The van der Waals surface area contributed by atoms with Gasteiger partial charge >= 0.3 is 24.1 Å². The first-order chi connectivity index (χ1) is 28.1. The monoisotopic (exact) mass is 789 g/mol. The Kier molecular flexibility index (Phi) is 15.2. The Bertz CT molecular complexity index is 2170. The number of carboxylic acid groups (broad SMARTS) is 1. The van der Waals surface area contributed by atoms with E-state index in [0.29, 0.717) is 22.6 Å². The molecular formula is C44H43N3O11. The Morgan fingerprint density at radius 2 is 1.03 bits per heavy atom. The summed E-state index contributed by atoms with van der Waals surface area (Å²) in [6.45, 7) is 1.58. The largest absolute Gasteiger partial charge is 0.485 e. The van der Waals surface area contributed by atoms with Crippen LogP contribution in [0.25, 0.3) is 0 Å². The summed E-state index contributed by atoms with van der Waals surface area (Å²) in [6, 6.07) is 34.5. The van der Waals surface area contributed by atoms with Gasteiger partial charge in [-0.2, -0.15) is 0 Å². The molecule has 0 spiro atoms. The lowest BCUT2D eigenvalue weighted by Gasteiger charge is -2.22. The number of nitrogens with one attached hydrogen (secondary N) is 3. The summed E-state index contributed by atoms with van der Waals surface area (Å²) in [7, 11) is 1.34. The van der Waals surface area contributed by atoms with Crippen LogP contribution < -0.4 is 34.9 Å². The Morgan fingerprint density at radius 3 is 1.57 bits per heavy atom. The van der Waals surface area contributed by atoms with Gasteiger partial charge < -0.3 is 44.7 Å². The molecule has 0 radical (unpaired) electrons. The zero-order valence-electron chi connectivity index (χ0n) is 31.8. The molecule has 14 heteroatoms. The predicted octanol–water partition coefficient (Wildman–Crippen LogP) is 6.14. The summed E-state index contributed by atoms with van der Waals surface area (Å²) < 4.78 is 28.1. The molecule has 0 saturated carbocycles. The molecule has 0 aliphatic rings. The molecule has 0 unspecified atom stereocenters. The highest BCUT2D eigenvalue weighted by molar-refractivity contribution is 5.89. The third-order valence-electron chi connectivity index (χ3n) is 8.47. The van der Waals surface area contributed by atoms with Gasteiger partial charge in [-0.1, -0.05) is 103 Å². The molecule has 0 aromatic heterocycles. The second kappa shape index (κ2) is 21.1. The number of carbonyl (C=O) groups is 5. The van der Waals surface area contributed by atoms with Crippen LogP contribution in [0.1, 0.15) is 34.7 Å². The normalized spacial score (nSPS) is 11.6. The summed E-state index contributed by atoms with van der Waals surface area (Å²) in [5.41, 5.74) is 3.45. The lowest BCUT2D eigenvalue weighted by Crippen LogP contribution is -2.53. The van der Waals surface area contributed by atoms with Crippen molar-refractivity contribution in [3.8, 4) is 23.0 Å². The van der Waals surface area contributed by atoms with E-state index in [1.807, 2.05) is 66.7 Å². The van der Waals surface area contributed by atoms with E-state index in [1.165, 1.54) is 32.2 Å². The first kappa shape index (κ1) is 41.8. The van der Waals surface area contributed by atoms with Gasteiger partial charge in [-0.25, -0.2) is 14.4 Å². The maximum atomic E-state index is 14.0. The van der Waals surface area contributed by atoms with Crippen molar-refractivity contribution in [3.63, 3.8) is 0 Å². The van der Waals surface area contributed by atoms with Crippen LogP contribution in [0, 0.1) is 0 Å². The Morgan fingerprint density at radius 1 is 0.534 bits per heavy atom. The van der Waals surface area contributed by atoms with Crippen molar-refractivity contribution in [1.29, 1.82) is 0 Å². The molecule has 14 nitrogen and oxygen atoms in total. The molecule has 2 atom stereocenters. The number of benzene rings is 5. The minimum Gasteiger partial charge on any atom is -0.485 e. The summed E-state index contributed by atoms with van der Waals surface area (Å²) >= 11 is 0. The van der Waals surface area contributed by atoms with Crippen LogP contribution in [-0.2, 0) is 51.8 Å². The molecule has 0 bridgehead atoms. The van der Waals surface area contributed by atoms with Gasteiger partial charge in [-0.15, -0.1) is 0 Å². The fourth-order valence-corrected chi connectivity index (χ4v) is 5.59. The molecular weight excluding hydrogens is 746 g/mol. The maximum absolute atomic E-state index is 14.0. The van der Waals surface area contributed by atoms with Crippen LogP contribution >= 0.6 is 0 Å². The Labute approximate surface area is 335 Å². The molecule has 4 N–H and O–H groups in total. The van der Waals surface area contributed by atoms with Crippen molar-refractivity contribution in [3.05, 3.63) is 155 Å². The molecule has 58 heavy (non-hydrogen) atoms. The fraction of sp³-hybridized carbons (Fsp3) is 0.205. The minimum absolute atomic E-state index is 0.0716. The van der Waals surface area contributed by atoms with E-state index in [2.05, 4.69) is 16.0 Å². The van der Waals surface area contributed by atoms with E-state index in [9.17, 15) is 29.1 Å². The topological polar surface area (TPSA) is 188 Å². The molecule has 0 fully saturated rings.